The van der Waals surface area contributed by atoms with Gasteiger partial charge in [-0.25, -0.2) is 0 Å². The van der Waals surface area contributed by atoms with Gasteiger partial charge in [0.15, 0.2) is 0 Å². The fourth-order valence-corrected chi connectivity index (χ4v) is 12.3. The van der Waals surface area contributed by atoms with Crippen LogP contribution in [0.2, 0.25) is 0 Å². The van der Waals surface area contributed by atoms with Crippen LogP contribution < -0.4 is 0 Å². The Morgan fingerprint density at radius 3 is 2.24 bits per heavy atom. The summed E-state index contributed by atoms with van der Waals surface area (Å²) in [5.41, 5.74) is -2.34. The van der Waals surface area contributed by atoms with Gasteiger partial charge in [0.2, 0.25) is 6.29 Å². The predicted octanol–water partition coefficient (Wildman–Crippen LogP) is 2.44. The van der Waals surface area contributed by atoms with Crippen molar-refractivity contribution in [1.29, 1.82) is 0 Å². The van der Waals surface area contributed by atoms with Gasteiger partial charge in [-0.3, -0.25) is 4.79 Å². The van der Waals surface area contributed by atoms with Crippen molar-refractivity contribution in [2.75, 3.05) is 13.2 Å². The lowest BCUT2D eigenvalue weighted by atomic mass is 9.33. The second kappa shape index (κ2) is 11.2. The number of hydrogen-bond donors (Lipinski definition) is 7. The summed E-state index contributed by atoms with van der Waals surface area (Å²) in [6.07, 6.45) is 0.492. The Morgan fingerprint density at radius 2 is 1.59 bits per heavy atom. The molecule has 1 saturated heterocycles. The Bertz CT molecular complexity index is 1240. The maximum atomic E-state index is 14.5. The van der Waals surface area contributed by atoms with E-state index < -0.39 is 71.7 Å². The van der Waals surface area contributed by atoms with Crippen molar-refractivity contribution in [1.82, 2.24) is 0 Å². The van der Waals surface area contributed by atoms with Gasteiger partial charge in [0, 0.05) is 11.3 Å². The molecule has 0 spiro atoms. The van der Waals surface area contributed by atoms with Crippen LogP contribution in [0.25, 0.3) is 0 Å². The number of fused-ring (bicyclic) bond motifs is 7. The molecule has 0 aromatic rings. The van der Waals surface area contributed by atoms with Gasteiger partial charge < -0.3 is 45.2 Å². The number of esters is 1. The van der Waals surface area contributed by atoms with Crippen molar-refractivity contribution >= 4 is 5.97 Å². The fourth-order valence-electron chi connectivity index (χ4n) is 12.3. The molecule has 1 aliphatic heterocycles. The maximum absolute atomic E-state index is 14.5. The van der Waals surface area contributed by atoms with Gasteiger partial charge in [-0.2, -0.15) is 0 Å². The van der Waals surface area contributed by atoms with E-state index in [1.807, 2.05) is 20.8 Å². The zero-order chi connectivity index (χ0) is 33.8. The molecule has 0 aromatic heterocycles. The highest BCUT2D eigenvalue weighted by Crippen LogP contribution is 2.76. The third-order valence-corrected chi connectivity index (χ3v) is 15.7. The number of carbonyl (C=O) groups is 1. The second-order valence-corrected chi connectivity index (χ2v) is 17.4. The highest BCUT2D eigenvalue weighted by Gasteiger charge is 2.72. The standard InChI is InChI=1S/C36H58O10/c1-19-9-14-36(30(43)46-29-27(42)26(41)25(40)21(17-37)45-29)16-15-33(4)20(28(36)35(19,6)44)7-8-23-31(2)12-11-24(39)32(3,18-38)22(31)10-13-34(23,33)5/h7,19,21-29,37-42,44H,8-18H2,1-6H3/t19-,21-,22-,23-,24+,25-,26+,27-,28-,29+,31+,32+,33-,34-,35-,36+/m0/s1. The van der Waals surface area contributed by atoms with E-state index in [9.17, 15) is 40.5 Å². The average molecular weight is 651 g/mol. The van der Waals surface area contributed by atoms with Gasteiger partial charge >= 0.3 is 5.97 Å². The number of rotatable bonds is 4. The highest BCUT2D eigenvalue weighted by molar-refractivity contribution is 5.79. The Labute approximate surface area is 273 Å². The van der Waals surface area contributed by atoms with Crippen molar-refractivity contribution in [2.24, 2.45) is 50.7 Å². The molecule has 0 bridgehead atoms. The van der Waals surface area contributed by atoms with Gasteiger partial charge in [-0.15, -0.1) is 0 Å². The Hall–Kier alpha value is -1.11. The van der Waals surface area contributed by atoms with Crippen LogP contribution >= 0.6 is 0 Å². The number of ether oxygens (including phenoxy) is 2. The predicted molar refractivity (Wildman–Crippen MR) is 168 cm³/mol. The molecule has 46 heavy (non-hydrogen) atoms. The molecule has 10 nitrogen and oxygen atoms in total. The lowest BCUT2D eigenvalue weighted by molar-refractivity contribution is -0.299. The van der Waals surface area contributed by atoms with Gasteiger partial charge in [0.05, 0.1) is 30.3 Å². The fraction of sp³-hybridized carbons (Fsp3) is 0.917. The van der Waals surface area contributed by atoms with Crippen LogP contribution in [-0.2, 0) is 14.3 Å². The topological polar surface area (TPSA) is 177 Å². The molecular formula is C36H58O10. The number of aliphatic hydroxyl groups is 7. The number of allylic oxidation sites excluding steroid dienone is 1. The second-order valence-electron chi connectivity index (χ2n) is 17.4. The number of aliphatic hydroxyl groups excluding tert-OH is 6. The summed E-state index contributed by atoms with van der Waals surface area (Å²) in [5.74, 6) is -0.749. The first-order chi connectivity index (χ1) is 21.4. The highest BCUT2D eigenvalue weighted by atomic mass is 16.7. The Kier molecular flexibility index (Phi) is 8.46. The van der Waals surface area contributed by atoms with Crippen LogP contribution in [0.1, 0.15) is 99.3 Å². The minimum Gasteiger partial charge on any atom is -0.432 e. The summed E-state index contributed by atoms with van der Waals surface area (Å²) < 4.78 is 11.5. The van der Waals surface area contributed by atoms with Crippen molar-refractivity contribution in [3.05, 3.63) is 11.6 Å². The largest absolute Gasteiger partial charge is 0.432 e. The van der Waals surface area contributed by atoms with Crippen molar-refractivity contribution in [3.63, 3.8) is 0 Å². The molecule has 1 heterocycles. The van der Waals surface area contributed by atoms with Crippen molar-refractivity contribution in [3.8, 4) is 0 Å². The first-order valence-electron chi connectivity index (χ1n) is 17.6. The van der Waals surface area contributed by atoms with E-state index in [1.165, 1.54) is 0 Å². The summed E-state index contributed by atoms with van der Waals surface area (Å²) >= 11 is 0. The van der Waals surface area contributed by atoms with Crippen LogP contribution in [-0.4, -0.2) is 97.3 Å². The van der Waals surface area contributed by atoms with E-state index in [1.54, 1.807) is 0 Å². The van der Waals surface area contributed by atoms with Gasteiger partial charge in [0.25, 0.3) is 0 Å². The van der Waals surface area contributed by atoms with E-state index >= 15 is 0 Å². The zero-order valence-electron chi connectivity index (χ0n) is 28.5. The molecule has 6 aliphatic rings. The van der Waals surface area contributed by atoms with Crippen LogP contribution in [0.15, 0.2) is 11.6 Å². The molecular weight excluding hydrogens is 592 g/mol. The van der Waals surface area contributed by atoms with Crippen LogP contribution in [0, 0.1) is 50.7 Å². The van der Waals surface area contributed by atoms with Gasteiger partial charge in [0.1, 0.15) is 24.4 Å². The third kappa shape index (κ3) is 4.39. The third-order valence-electron chi connectivity index (χ3n) is 15.7. The minimum absolute atomic E-state index is 0.0435. The zero-order valence-corrected chi connectivity index (χ0v) is 28.5. The number of carbonyl (C=O) groups excluding carboxylic acids is 1. The number of hydrogen-bond acceptors (Lipinski definition) is 10. The molecule has 4 saturated carbocycles. The van der Waals surface area contributed by atoms with Crippen LogP contribution in [0.5, 0.6) is 0 Å². The van der Waals surface area contributed by atoms with E-state index in [-0.39, 0.29) is 34.7 Å². The lowest BCUT2D eigenvalue weighted by Gasteiger charge is -2.72. The molecule has 16 atom stereocenters. The molecule has 10 heteroatoms. The quantitative estimate of drug-likeness (QED) is 0.177. The first kappa shape index (κ1) is 34.7. The minimum atomic E-state index is -1.70. The SMILES string of the molecule is C[C@H]1CC[C@@]2(C(=O)O[C@H]3O[C@@H](CO)[C@H](O)[C@@H](O)[C@@H]3O)CC[C@@]3(C)C(=CC[C@H]4[C@]5(C)CC[C@@H](O)[C@](C)(CO)[C@H]5CC[C@@]43C)[C@H]2[C@@]1(C)O. The lowest BCUT2D eigenvalue weighted by Crippen LogP contribution is -2.68. The van der Waals surface area contributed by atoms with Crippen molar-refractivity contribution in [2.45, 2.75) is 142 Å². The monoisotopic (exact) mass is 650 g/mol. The Balaban J connectivity index is 1.39. The maximum Gasteiger partial charge on any atom is 0.315 e. The normalized spacial score (nSPS) is 56.8. The first-order valence-corrected chi connectivity index (χ1v) is 17.6. The molecule has 5 aliphatic carbocycles. The Morgan fingerprint density at radius 1 is 0.891 bits per heavy atom. The molecule has 0 unspecified atom stereocenters. The molecule has 0 radical (unpaired) electrons. The summed E-state index contributed by atoms with van der Waals surface area (Å²) in [7, 11) is 0. The smallest absolute Gasteiger partial charge is 0.315 e. The summed E-state index contributed by atoms with van der Waals surface area (Å²) in [4.78, 5) is 14.5. The van der Waals surface area contributed by atoms with Gasteiger partial charge in [-0.05, 0) is 98.7 Å². The molecule has 262 valence electrons. The summed E-state index contributed by atoms with van der Waals surface area (Å²) in [6.45, 7) is 12.3. The summed E-state index contributed by atoms with van der Waals surface area (Å²) in [5, 5.41) is 75.0. The summed E-state index contributed by atoms with van der Waals surface area (Å²) in [6, 6.07) is 0. The molecule has 5 fully saturated rings. The van der Waals surface area contributed by atoms with Crippen LogP contribution in [0.4, 0.5) is 0 Å². The van der Waals surface area contributed by atoms with E-state index in [2.05, 4.69) is 26.8 Å². The molecule has 0 amide bonds. The van der Waals surface area contributed by atoms with Crippen LogP contribution in [0.3, 0.4) is 0 Å². The average Bonchev–Trinajstić information content (AvgIpc) is 3.01. The molecule has 7 N–H and O–H groups in total. The van der Waals surface area contributed by atoms with E-state index in [0.29, 0.717) is 38.0 Å². The molecule has 6 rings (SSSR count). The van der Waals surface area contributed by atoms with E-state index in [0.717, 1.165) is 31.3 Å². The van der Waals surface area contributed by atoms with Crippen molar-refractivity contribution < 1.29 is 50.0 Å². The molecule has 0 aromatic carbocycles. The van der Waals surface area contributed by atoms with E-state index in [4.69, 9.17) is 9.47 Å². The van der Waals surface area contributed by atoms with Gasteiger partial charge in [-0.1, -0.05) is 46.3 Å².